The predicted octanol–water partition coefficient (Wildman–Crippen LogP) is 0.362. The maximum absolute atomic E-state index is 5.70. The third kappa shape index (κ3) is 3.87. The van der Waals surface area contributed by atoms with Gasteiger partial charge in [0.1, 0.15) is 0 Å². The van der Waals surface area contributed by atoms with Crippen molar-refractivity contribution in [3.8, 4) is 0 Å². The summed E-state index contributed by atoms with van der Waals surface area (Å²) in [6.07, 6.45) is 1.36. The molecule has 78 valence electrons. The van der Waals surface area contributed by atoms with Crippen LogP contribution in [0.4, 0.5) is 0 Å². The third-order valence-electron chi connectivity index (χ3n) is 2.05. The van der Waals surface area contributed by atoms with Crippen molar-refractivity contribution in [2.45, 2.75) is 32.0 Å². The summed E-state index contributed by atoms with van der Waals surface area (Å²) in [6.45, 7) is 2.00. The SMILES string of the molecule is CC(N)Cc1ccc(CC(N)N)cc1. The highest BCUT2D eigenvalue weighted by Gasteiger charge is 2.00. The predicted molar refractivity (Wildman–Crippen MR) is 59.7 cm³/mol. The number of hydrogen-bond acceptors (Lipinski definition) is 3. The zero-order valence-electron chi connectivity index (χ0n) is 8.61. The summed E-state index contributed by atoms with van der Waals surface area (Å²) in [5.41, 5.74) is 19.1. The van der Waals surface area contributed by atoms with Crippen LogP contribution < -0.4 is 17.2 Å². The number of hydrogen-bond donors (Lipinski definition) is 3. The van der Waals surface area contributed by atoms with Gasteiger partial charge in [-0.2, -0.15) is 0 Å². The maximum Gasteiger partial charge on any atom is 0.0562 e. The molecule has 0 aliphatic rings. The molecule has 1 atom stereocenters. The largest absolute Gasteiger partial charge is 0.328 e. The molecule has 0 saturated heterocycles. The summed E-state index contributed by atoms with van der Waals surface area (Å²) in [7, 11) is 0. The van der Waals surface area contributed by atoms with Crippen molar-refractivity contribution < 1.29 is 0 Å². The van der Waals surface area contributed by atoms with Gasteiger partial charge < -0.3 is 17.2 Å². The van der Waals surface area contributed by atoms with E-state index >= 15 is 0 Å². The van der Waals surface area contributed by atoms with Crippen molar-refractivity contribution in [1.29, 1.82) is 0 Å². The second-order valence-electron chi connectivity index (χ2n) is 3.87. The molecule has 0 bridgehead atoms. The van der Waals surface area contributed by atoms with Gasteiger partial charge in [-0.3, -0.25) is 0 Å². The van der Waals surface area contributed by atoms with Crippen molar-refractivity contribution in [2.75, 3.05) is 0 Å². The first-order chi connectivity index (χ1) is 6.58. The Morgan fingerprint density at radius 2 is 1.36 bits per heavy atom. The van der Waals surface area contributed by atoms with Crippen molar-refractivity contribution in [3.63, 3.8) is 0 Å². The molecule has 0 amide bonds. The molecule has 1 unspecified atom stereocenters. The summed E-state index contributed by atoms with van der Waals surface area (Å²) in [4.78, 5) is 0. The maximum atomic E-state index is 5.70. The molecule has 0 radical (unpaired) electrons. The van der Waals surface area contributed by atoms with E-state index in [1.165, 1.54) is 11.1 Å². The van der Waals surface area contributed by atoms with E-state index in [0.29, 0.717) is 0 Å². The molecule has 0 aromatic heterocycles. The van der Waals surface area contributed by atoms with Gasteiger partial charge in [-0.25, -0.2) is 0 Å². The van der Waals surface area contributed by atoms with Gasteiger partial charge in [0, 0.05) is 12.5 Å². The Bertz CT molecular complexity index is 235. The van der Waals surface area contributed by atoms with Crippen LogP contribution in [0.5, 0.6) is 0 Å². The van der Waals surface area contributed by atoms with Crippen LogP contribution in [0.1, 0.15) is 18.1 Å². The van der Waals surface area contributed by atoms with Crippen LogP contribution in [0.25, 0.3) is 0 Å². The van der Waals surface area contributed by atoms with E-state index in [2.05, 4.69) is 24.3 Å². The minimum Gasteiger partial charge on any atom is -0.328 e. The minimum absolute atomic E-state index is 0.206. The summed E-state index contributed by atoms with van der Waals surface area (Å²) in [5.74, 6) is 0. The normalized spacial score (nSPS) is 13.2. The van der Waals surface area contributed by atoms with Gasteiger partial charge in [-0.05, 0) is 24.5 Å². The Kier molecular flexibility index (Phi) is 4.07. The zero-order chi connectivity index (χ0) is 10.6. The molecule has 1 aromatic carbocycles. The first-order valence-corrected chi connectivity index (χ1v) is 4.92. The Hall–Kier alpha value is -0.900. The third-order valence-corrected chi connectivity index (χ3v) is 2.05. The molecular weight excluding hydrogens is 174 g/mol. The fourth-order valence-electron chi connectivity index (χ4n) is 1.46. The van der Waals surface area contributed by atoms with Crippen LogP contribution >= 0.6 is 0 Å². The summed E-state index contributed by atoms with van der Waals surface area (Å²) >= 11 is 0. The molecule has 1 aromatic rings. The van der Waals surface area contributed by atoms with Gasteiger partial charge in [-0.15, -0.1) is 0 Å². The quantitative estimate of drug-likeness (QED) is 0.604. The lowest BCUT2D eigenvalue weighted by Gasteiger charge is -2.08. The van der Waals surface area contributed by atoms with E-state index in [4.69, 9.17) is 17.2 Å². The lowest BCUT2D eigenvalue weighted by atomic mass is 10.0. The van der Waals surface area contributed by atoms with Crippen LogP contribution in [0.2, 0.25) is 0 Å². The summed E-state index contributed by atoms with van der Waals surface area (Å²) < 4.78 is 0. The fourth-order valence-corrected chi connectivity index (χ4v) is 1.46. The summed E-state index contributed by atoms with van der Waals surface area (Å²) in [5, 5.41) is 0. The van der Waals surface area contributed by atoms with Crippen LogP contribution in [0.15, 0.2) is 24.3 Å². The van der Waals surface area contributed by atoms with E-state index in [1.807, 2.05) is 6.92 Å². The van der Waals surface area contributed by atoms with Gasteiger partial charge >= 0.3 is 0 Å². The van der Waals surface area contributed by atoms with E-state index in [-0.39, 0.29) is 12.2 Å². The number of nitrogens with two attached hydrogens (primary N) is 3. The molecule has 3 nitrogen and oxygen atoms in total. The van der Waals surface area contributed by atoms with Crippen LogP contribution in [-0.2, 0) is 12.8 Å². The average molecular weight is 193 g/mol. The average Bonchev–Trinajstić information content (AvgIpc) is 2.06. The van der Waals surface area contributed by atoms with Crippen LogP contribution in [0, 0.1) is 0 Å². The van der Waals surface area contributed by atoms with Crippen molar-refractivity contribution in [1.82, 2.24) is 0 Å². The lowest BCUT2D eigenvalue weighted by molar-refractivity contribution is 0.701. The molecule has 6 N–H and O–H groups in total. The van der Waals surface area contributed by atoms with Gasteiger partial charge in [0.05, 0.1) is 6.17 Å². The molecule has 0 spiro atoms. The van der Waals surface area contributed by atoms with Gasteiger partial charge in [0.25, 0.3) is 0 Å². The first kappa shape index (κ1) is 11.2. The highest BCUT2D eigenvalue weighted by Crippen LogP contribution is 2.07. The van der Waals surface area contributed by atoms with Crippen molar-refractivity contribution in [2.24, 2.45) is 17.2 Å². The first-order valence-electron chi connectivity index (χ1n) is 4.92. The van der Waals surface area contributed by atoms with E-state index in [1.54, 1.807) is 0 Å². The molecule has 0 aliphatic carbocycles. The fraction of sp³-hybridized carbons (Fsp3) is 0.455. The highest BCUT2D eigenvalue weighted by molar-refractivity contribution is 5.23. The molecule has 3 heteroatoms. The second kappa shape index (κ2) is 5.10. The van der Waals surface area contributed by atoms with Crippen LogP contribution in [-0.4, -0.2) is 12.2 Å². The number of rotatable bonds is 4. The minimum atomic E-state index is -0.269. The molecular formula is C11H19N3. The molecule has 0 aliphatic heterocycles. The molecule has 0 saturated carbocycles. The highest BCUT2D eigenvalue weighted by atomic mass is 14.8. The Labute approximate surface area is 85.3 Å². The molecule has 14 heavy (non-hydrogen) atoms. The summed E-state index contributed by atoms with van der Waals surface area (Å²) in [6, 6.07) is 8.49. The standard InChI is InChI=1S/C11H19N3/c1-8(12)6-9-2-4-10(5-3-9)7-11(13)14/h2-5,8,11H,6-7,12-14H2,1H3. The zero-order valence-corrected chi connectivity index (χ0v) is 8.61. The Morgan fingerprint density at radius 1 is 0.929 bits per heavy atom. The topological polar surface area (TPSA) is 78.1 Å². The molecule has 0 heterocycles. The van der Waals surface area contributed by atoms with E-state index in [9.17, 15) is 0 Å². The van der Waals surface area contributed by atoms with Crippen molar-refractivity contribution in [3.05, 3.63) is 35.4 Å². The van der Waals surface area contributed by atoms with Crippen molar-refractivity contribution >= 4 is 0 Å². The monoisotopic (exact) mass is 193 g/mol. The second-order valence-corrected chi connectivity index (χ2v) is 3.87. The lowest BCUT2D eigenvalue weighted by Crippen LogP contribution is -2.32. The van der Waals surface area contributed by atoms with E-state index in [0.717, 1.165) is 12.8 Å². The van der Waals surface area contributed by atoms with Crippen LogP contribution in [0.3, 0.4) is 0 Å². The molecule has 0 fully saturated rings. The Balaban J connectivity index is 2.59. The van der Waals surface area contributed by atoms with Gasteiger partial charge in [0.2, 0.25) is 0 Å². The smallest absolute Gasteiger partial charge is 0.0562 e. The van der Waals surface area contributed by atoms with E-state index < -0.39 is 0 Å². The van der Waals surface area contributed by atoms with Gasteiger partial charge in [-0.1, -0.05) is 24.3 Å². The van der Waals surface area contributed by atoms with Gasteiger partial charge in [0.15, 0.2) is 0 Å². The molecule has 1 rings (SSSR count). The number of benzene rings is 1. The Morgan fingerprint density at radius 3 is 1.71 bits per heavy atom.